The third-order valence-corrected chi connectivity index (χ3v) is 2.03. The van der Waals surface area contributed by atoms with Crippen LogP contribution in [-0.2, 0) is 4.74 Å². The summed E-state index contributed by atoms with van der Waals surface area (Å²) in [7, 11) is 1.30. The van der Waals surface area contributed by atoms with Gasteiger partial charge in [-0.15, -0.1) is 9.73 Å². The first kappa shape index (κ1) is 9.38. The van der Waals surface area contributed by atoms with Gasteiger partial charge in [0.05, 0.1) is 12.8 Å². The van der Waals surface area contributed by atoms with Gasteiger partial charge in [0.1, 0.15) is 17.4 Å². The molecule has 0 atom stereocenters. The average Bonchev–Trinajstić information content (AvgIpc) is 2.55. The summed E-state index contributed by atoms with van der Waals surface area (Å²) in [5, 5.41) is 7.87. The number of carbonyl (C=O) groups excluding carboxylic acids is 1. The van der Waals surface area contributed by atoms with Gasteiger partial charge in [0.15, 0.2) is 5.82 Å². The van der Waals surface area contributed by atoms with Crippen LogP contribution in [0.4, 0.5) is 5.82 Å². The van der Waals surface area contributed by atoms with Crippen molar-refractivity contribution in [1.29, 1.82) is 0 Å². The molecule has 0 bridgehead atoms. The Morgan fingerprint density at radius 3 is 3.00 bits per heavy atom. The predicted molar refractivity (Wildman–Crippen MR) is 51.3 cm³/mol. The Kier molecular flexibility index (Phi) is 2.00. The van der Waals surface area contributed by atoms with Crippen LogP contribution >= 0.6 is 0 Å². The molecule has 2 aromatic heterocycles. The molecule has 15 heavy (non-hydrogen) atoms. The maximum Gasteiger partial charge on any atom is 0.342 e. The maximum absolute atomic E-state index is 11.5. The zero-order valence-electron chi connectivity index (χ0n) is 8.26. The molecule has 0 amide bonds. The lowest BCUT2D eigenvalue weighted by molar-refractivity contribution is 0.0602. The van der Waals surface area contributed by atoms with E-state index in [0.29, 0.717) is 16.8 Å². The number of nitrogen functional groups attached to an aromatic ring is 1. The van der Waals surface area contributed by atoms with E-state index in [-0.39, 0.29) is 5.82 Å². The Labute approximate surface area is 84.9 Å². The summed E-state index contributed by atoms with van der Waals surface area (Å²) < 4.78 is 5.90. The molecule has 2 heterocycles. The Morgan fingerprint density at radius 2 is 2.33 bits per heavy atom. The fourth-order valence-corrected chi connectivity index (χ4v) is 1.37. The lowest BCUT2D eigenvalue weighted by Crippen LogP contribution is -2.05. The van der Waals surface area contributed by atoms with E-state index in [9.17, 15) is 4.79 Å². The number of nitrogens with zero attached hydrogens (tertiary/aromatic N) is 4. The minimum absolute atomic E-state index is 0.200. The summed E-state index contributed by atoms with van der Waals surface area (Å²) in [5.74, 6) is -0.296. The summed E-state index contributed by atoms with van der Waals surface area (Å²) >= 11 is 0. The molecular weight excluding hydrogens is 198 g/mol. The normalized spacial score (nSPS) is 10.5. The van der Waals surface area contributed by atoms with E-state index in [1.54, 1.807) is 6.92 Å². The fourth-order valence-electron chi connectivity index (χ4n) is 1.37. The average molecular weight is 207 g/mol. The summed E-state index contributed by atoms with van der Waals surface area (Å²) in [6.45, 7) is 1.68. The number of methoxy groups -OCH3 is 1. The SMILES string of the molecule is COC(=O)c1c(C)nn2ncnc(N)c12. The number of anilines is 1. The molecule has 0 saturated heterocycles. The van der Waals surface area contributed by atoms with E-state index in [2.05, 4.69) is 19.9 Å². The van der Waals surface area contributed by atoms with Gasteiger partial charge >= 0.3 is 5.97 Å². The molecule has 2 N–H and O–H groups in total. The van der Waals surface area contributed by atoms with Crippen LogP contribution in [0.3, 0.4) is 0 Å². The molecule has 0 spiro atoms. The van der Waals surface area contributed by atoms with E-state index in [4.69, 9.17) is 5.73 Å². The van der Waals surface area contributed by atoms with Gasteiger partial charge < -0.3 is 10.5 Å². The van der Waals surface area contributed by atoms with Crippen molar-refractivity contribution in [1.82, 2.24) is 19.8 Å². The molecule has 7 nitrogen and oxygen atoms in total. The highest BCUT2D eigenvalue weighted by atomic mass is 16.5. The van der Waals surface area contributed by atoms with Gasteiger partial charge in [0.2, 0.25) is 0 Å². The molecule has 0 fully saturated rings. The Morgan fingerprint density at radius 1 is 1.60 bits per heavy atom. The molecule has 0 aromatic carbocycles. The van der Waals surface area contributed by atoms with Crippen molar-refractivity contribution in [3.05, 3.63) is 17.6 Å². The van der Waals surface area contributed by atoms with Crippen molar-refractivity contribution in [2.75, 3.05) is 12.8 Å². The number of rotatable bonds is 1. The summed E-state index contributed by atoms with van der Waals surface area (Å²) in [6.07, 6.45) is 1.27. The Balaban J connectivity index is 2.82. The van der Waals surface area contributed by atoms with Crippen LogP contribution in [-0.4, -0.2) is 32.9 Å². The fraction of sp³-hybridized carbons (Fsp3) is 0.250. The van der Waals surface area contributed by atoms with Crippen molar-refractivity contribution < 1.29 is 9.53 Å². The van der Waals surface area contributed by atoms with Gasteiger partial charge in [0, 0.05) is 0 Å². The van der Waals surface area contributed by atoms with Crippen molar-refractivity contribution in [2.24, 2.45) is 0 Å². The highest BCUT2D eigenvalue weighted by Crippen LogP contribution is 2.18. The van der Waals surface area contributed by atoms with E-state index in [1.165, 1.54) is 18.1 Å². The van der Waals surface area contributed by atoms with E-state index in [1.807, 2.05) is 0 Å². The first-order valence-corrected chi connectivity index (χ1v) is 4.19. The number of fused-ring (bicyclic) bond motifs is 1. The molecule has 0 aliphatic carbocycles. The number of hydrogen-bond donors (Lipinski definition) is 1. The highest BCUT2D eigenvalue weighted by molar-refractivity contribution is 6.00. The second-order valence-corrected chi connectivity index (χ2v) is 2.94. The van der Waals surface area contributed by atoms with Gasteiger partial charge in [-0.25, -0.2) is 9.78 Å². The lowest BCUT2D eigenvalue weighted by Gasteiger charge is -1.98. The first-order valence-electron chi connectivity index (χ1n) is 4.19. The van der Waals surface area contributed by atoms with Crippen LogP contribution in [0.25, 0.3) is 5.52 Å². The summed E-state index contributed by atoms with van der Waals surface area (Å²) in [5.41, 5.74) is 6.83. The predicted octanol–water partition coefficient (Wildman–Crippen LogP) is -0.198. The third-order valence-electron chi connectivity index (χ3n) is 2.03. The molecular formula is C8H9N5O2. The van der Waals surface area contributed by atoms with Crippen molar-refractivity contribution in [3.63, 3.8) is 0 Å². The van der Waals surface area contributed by atoms with Crippen molar-refractivity contribution in [3.8, 4) is 0 Å². The number of carbonyl (C=O) groups is 1. The summed E-state index contributed by atoms with van der Waals surface area (Å²) in [4.78, 5) is 15.3. The molecule has 0 saturated carbocycles. The Hall–Kier alpha value is -2.18. The molecule has 0 unspecified atom stereocenters. The number of aromatic nitrogens is 4. The maximum atomic E-state index is 11.5. The number of aryl methyl sites for hydroxylation is 1. The molecule has 0 aliphatic heterocycles. The van der Waals surface area contributed by atoms with Gasteiger partial charge in [-0.3, -0.25) is 0 Å². The molecule has 78 valence electrons. The molecule has 0 aliphatic rings. The van der Waals surface area contributed by atoms with Crippen LogP contribution in [0.2, 0.25) is 0 Å². The van der Waals surface area contributed by atoms with Gasteiger partial charge in [-0.1, -0.05) is 0 Å². The number of ether oxygens (including phenoxy) is 1. The lowest BCUT2D eigenvalue weighted by atomic mass is 10.2. The van der Waals surface area contributed by atoms with Gasteiger partial charge in [0.25, 0.3) is 0 Å². The van der Waals surface area contributed by atoms with E-state index >= 15 is 0 Å². The smallest absolute Gasteiger partial charge is 0.342 e. The molecule has 2 aromatic rings. The van der Waals surface area contributed by atoms with Crippen LogP contribution in [0, 0.1) is 6.92 Å². The topological polar surface area (TPSA) is 95.4 Å². The van der Waals surface area contributed by atoms with Crippen molar-refractivity contribution in [2.45, 2.75) is 6.92 Å². The standard InChI is InChI=1S/C8H9N5O2/c1-4-5(8(14)15-2)6-7(9)10-3-11-13(6)12-4/h3H,1-2H3,(H2,9,10,11). The molecule has 0 radical (unpaired) electrons. The van der Waals surface area contributed by atoms with Crippen LogP contribution < -0.4 is 5.73 Å². The van der Waals surface area contributed by atoms with Crippen molar-refractivity contribution >= 4 is 17.3 Å². The molecule has 2 rings (SSSR count). The minimum Gasteiger partial charge on any atom is -0.465 e. The monoisotopic (exact) mass is 207 g/mol. The van der Waals surface area contributed by atoms with E-state index < -0.39 is 5.97 Å². The van der Waals surface area contributed by atoms with E-state index in [0.717, 1.165) is 0 Å². The largest absolute Gasteiger partial charge is 0.465 e. The minimum atomic E-state index is -0.496. The van der Waals surface area contributed by atoms with Gasteiger partial charge in [-0.2, -0.15) is 5.10 Å². The first-order chi connectivity index (χ1) is 7.15. The third kappa shape index (κ3) is 1.28. The second-order valence-electron chi connectivity index (χ2n) is 2.94. The van der Waals surface area contributed by atoms with Crippen LogP contribution in [0.15, 0.2) is 6.33 Å². The van der Waals surface area contributed by atoms with Gasteiger partial charge in [-0.05, 0) is 6.92 Å². The number of nitrogens with two attached hydrogens (primary N) is 1. The zero-order valence-corrected chi connectivity index (χ0v) is 8.26. The summed E-state index contributed by atoms with van der Waals surface area (Å²) in [6, 6.07) is 0. The number of esters is 1. The second kappa shape index (κ2) is 3.19. The Bertz CT molecular complexity index is 533. The highest BCUT2D eigenvalue weighted by Gasteiger charge is 2.20. The quantitative estimate of drug-likeness (QED) is 0.650. The van der Waals surface area contributed by atoms with Crippen LogP contribution in [0.5, 0.6) is 0 Å². The van der Waals surface area contributed by atoms with Crippen LogP contribution in [0.1, 0.15) is 16.1 Å². The molecule has 7 heteroatoms. The number of hydrogen-bond acceptors (Lipinski definition) is 6. The zero-order chi connectivity index (χ0) is 11.0.